The number of carbonyl (C=O) groups excluding carboxylic acids is 2. The fraction of sp³-hybridized carbons (Fsp3) is 0.417. The zero-order chi connectivity index (χ0) is 22.7. The van der Waals surface area contributed by atoms with Crippen molar-refractivity contribution in [2.24, 2.45) is 5.92 Å². The van der Waals surface area contributed by atoms with Crippen molar-refractivity contribution in [3.8, 4) is 0 Å². The molecular weight excluding hydrogens is 396 g/mol. The summed E-state index contributed by atoms with van der Waals surface area (Å²) < 4.78 is 5.74. The second kappa shape index (κ2) is 12.2. The summed E-state index contributed by atoms with van der Waals surface area (Å²) in [6.45, 7) is 4.30. The van der Waals surface area contributed by atoms with E-state index in [4.69, 9.17) is 14.9 Å². The Bertz CT molecular complexity index is 811. The zero-order valence-electron chi connectivity index (χ0n) is 18.1. The third-order valence-electron chi connectivity index (χ3n) is 4.49. The van der Waals surface area contributed by atoms with E-state index >= 15 is 0 Å². The first kappa shape index (κ1) is 24.5. The summed E-state index contributed by atoms with van der Waals surface area (Å²) in [5.41, 5.74) is 1.66. The predicted octanol–water partition coefficient (Wildman–Crippen LogP) is 2.38. The molecule has 0 bridgehead atoms. The van der Waals surface area contributed by atoms with Gasteiger partial charge in [-0.25, -0.2) is 0 Å². The quantitative estimate of drug-likeness (QED) is 0.503. The lowest BCUT2D eigenvalue weighted by Crippen LogP contribution is -2.33. The molecule has 2 amide bonds. The molecule has 1 heterocycles. The molecule has 2 atom stereocenters. The predicted molar refractivity (Wildman–Crippen MR) is 123 cm³/mol. The summed E-state index contributed by atoms with van der Waals surface area (Å²) in [4.78, 5) is 24.1. The van der Waals surface area contributed by atoms with E-state index in [1.165, 1.54) is 13.8 Å². The Labute approximate surface area is 186 Å². The Morgan fingerprint density at radius 3 is 2.19 bits per heavy atom. The third kappa shape index (κ3) is 10.7. The molecule has 1 saturated heterocycles. The van der Waals surface area contributed by atoms with E-state index in [0.717, 1.165) is 12.0 Å². The molecule has 0 radical (unpaired) electrons. The third-order valence-corrected chi connectivity index (χ3v) is 4.49. The first-order valence-electron chi connectivity index (χ1n) is 10.4. The molecule has 31 heavy (non-hydrogen) atoms. The Morgan fingerprint density at radius 1 is 1.00 bits per heavy atom. The van der Waals surface area contributed by atoms with Crippen LogP contribution < -0.4 is 10.6 Å². The molecular formula is C24H36N2O5. The van der Waals surface area contributed by atoms with Crippen LogP contribution in [0.5, 0.6) is 0 Å². The molecule has 0 unspecified atom stereocenters. The number of ether oxygens (including phenoxy) is 1. The van der Waals surface area contributed by atoms with Gasteiger partial charge in [-0.3, -0.25) is 9.59 Å². The highest BCUT2D eigenvalue weighted by Gasteiger charge is 2.26. The maximum absolute atomic E-state index is 12.1. The highest BCUT2D eigenvalue weighted by atomic mass is 16.5. The second-order valence-corrected chi connectivity index (χ2v) is 8.09. The highest BCUT2D eigenvalue weighted by Crippen LogP contribution is 2.18. The van der Waals surface area contributed by atoms with E-state index in [1.54, 1.807) is 12.1 Å². The minimum atomic E-state index is -1.50. The van der Waals surface area contributed by atoms with Gasteiger partial charge in [-0.15, -0.1) is 0 Å². The number of hydrogen-bond donors (Lipinski definition) is 4. The molecule has 4 N–H and O–H groups in total. The average molecular weight is 433 g/mol. The molecule has 0 aliphatic carbocycles. The van der Waals surface area contributed by atoms with E-state index in [9.17, 15) is 9.59 Å². The van der Waals surface area contributed by atoms with Gasteiger partial charge in [0.1, 0.15) is 0 Å². The van der Waals surface area contributed by atoms with Crippen molar-refractivity contribution in [3.63, 3.8) is 0 Å². The van der Waals surface area contributed by atoms with Crippen molar-refractivity contribution in [1.82, 2.24) is 10.6 Å². The number of rotatable bonds is 7. The largest absolute Gasteiger partial charge is 0.376 e. The van der Waals surface area contributed by atoms with Crippen LogP contribution in [0.2, 0.25) is 0 Å². The monoisotopic (exact) mass is 432 g/mol. The van der Waals surface area contributed by atoms with E-state index < -0.39 is 5.79 Å². The number of amides is 2. The number of carbonyl (C=O) groups is 2. The van der Waals surface area contributed by atoms with Gasteiger partial charge in [0, 0.05) is 27.4 Å². The van der Waals surface area contributed by atoms with Gasteiger partial charge in [0.25, 0.3) is 5.91 Å². The van der Waals surface area contributed by atoms with Crippen LogP contribution in [-0.4, -0.2) is 53.6 Å². The van der Waals surface area contributed by atoms with Gasteiger partial charge in [-0.1, -0.05) is 48.5 Å². The van der Waals surface area contributed by atoms with Crippen molar-refractivity contribution < 1.29 is 27.4 Å². The van der Waals surface area contributed by atoms with E-state index in [1.807, 2.05) is 48.5 Å². The number of aliphatic hydroxyl groups is 2. The van der Waals surface area contributed by atoms with Gasteiger partial charge >= 0.3 is 0 Å². The van der Waals surface area contributed by atoms with Crippen molar-refractivity contribution in [2.45, 2.75) is 38.6 Å². The first-order chi connectivity index (χ1) is 14.7. The molecule has 1 aliphatic heterocycles. The van der Waals surface area contributed by atoms with Crippen LogP contribution in [0.1, 0.15) is 39.0 Å². The Balaban J connectivity index is 0.00000133. The summed E-state index contributed by atoms with van der Waals surface area (Å²) in [7, 11) is 0. The molecule has 1 fully saturated rings. The topological polar surface area (TPSA) is 108 Å². The van der Waals surface area contributed by atoms with Crippen LogP contribution in [0.25, 0.3) is 0 Å². The minimum Gasteiger partial charge on any atom is -0.376 e. The van der Waals surface area contributed by atoms with Crippen LogP contribution in [0, 0.1) is 5.92 Å². The Hall–Kier alpha value is -2.74. The lowest BCUT2D eigenvalue weighted by molar-refractivity contribution is -0.127. The molecule has 1 aliphatic rings. The van der Waals surface area contributed by atoms with Gasteiger partial charge < -0.3 is 25.6 Å². The van der Waals surface area contributed by atoms with Gasteiger partial charge in [-0.05, 0) is 38.0 Å². The summed E-state index contributed by atoms with van der Waals surface area (Å²) in [5.74, 6) is -1.29. The summed E-state index contributed by atoms with van der Waals surface area (Å²) in [6.07, 6.45) is 1.22. The molecule has 7 nitrogen and oxygen atoms in total. The van der Waals surface area contributed by atoms with Gasteiger partial charge in [0.2, 0.25) is 5.91 Å². The van der Waals surface area contributed by atoms with Crippen molar-refractivity contribution in [1.29, 1.82) is 0 Å². The first-order valence-corrected chi connectivity index (χ1v) is 10.4. The van der Waals surface area contributed by atoms with E-state index in [-0.39, 0.29) is 26.7 Å². The van der Waals surface area contributed by atoms with Gasteiger partial charge in [-0.2, -0.15) is 0 Å². The SMILES string of the molecule is CC(C)(O)O.O=C(Cc1ccccc1)NC[C@@H]1C[C@H](CNC(=O)c2ccccc2)CO1.[HH].[HH]. The molecule has 2 aromatic carbocycles. The van der Waals surface area contributed by atoms with Crippen LogP contribution in [0.15, 0.2) is 60.7 Å². The lowest BCUT2D eigenvalue weighted by atomic mass is 10.1. The molecule has 7 heteroatoms. The van der Waals surface area contributed by atoms with Crippen LogP contribution >= 0.6 is 0 Å². The molecule has 0 saturated carbocycles. The summed E-state index contributed by atoms with van der Waals surface area (Å²) in [6, 6.07) is 18.9. The molecule has 172 valence electrons. The van der Waals surface area contributed by atoms with Crippen molar-refractivity contribution >= 4 is 11.8 Å². The van der Waals surface area contributed by atoms with Gasteiger partial charge in [0.05, 0.1) is 19.1 Å². The van der Waals surface area contributed by atoms with Crippen LogP contribution in [0.3, 0.4) is 0 Å². The van der Waals surface area contributed by atoms with Crippen molar-refractivity contribution in [2.75, 3.05) is 19.7 Å². The number of nitrogens with one attached hydrogen (secondary N) is 2. The fourth-order valence-electron chi connectivity index (χ4n) is 3.06. The molecule has 3 rings (SSSR count). The Morgan fingerprint density at radius 2 is 1.58 bits per heavy atom. The average Bonchev–Trinajstić information content (AvgIpc) is 3.19. The lowest BCUT2D eigenvalue weighted by Gasteiger charge is -2.12. The second-order valence-electron chi connectivity index (χ2n) is 8.09. The minimum absolute atomic E-state index is 0. The van der Waals surface area contributed by atoms with Crippen molar-refractivity contribution in [3.05, 3.63) is 71.8 Å². The fourth-order valence-corrected chi connectivity index (χ4v) is 3.06. The highest BCUT2D eigenvalue weighted by molar-refractivity contribution is 5.94. The van der Waals surface area contributed by atoms with E-state index in [2.05, 4.69) is 10.6 Å². The van der Waals surface area contributed by atoms with Gasteiger partial charge in [0.15, 0.2) is 5.79 Å². The van der Waals surface area contributed by atoms with Crippen LogP contribution in [-0.2, 0) is 16.0 Å². The molecule has 0 spiro atoms. The maximum Gasteiger partial charge on any atom is 0.251 e. The maximum atomic E-state index is 12.1. The van der Waals surface area contributed by atoms with Crippen LogP contribution in [0.4, 0.5) is 0 Å². The normalized spacial score (nSPS) is 17.9. The molecule has 2 aromatic rings. The zero-order valence-corrected chi connectivity index (χ0v) is 18.1. The summed E-state index contributed by atoms with van der Waals surface area (Å²) in [5, 5.41) is 22.0. The Kier molecular flexibility index (Phi) is 9.65. The number of hydrogen-bond acceptors (Lipinski definition) is 5. The molecule has 0 aromatic heterocycles. The smallest absolute Gasteiger partial charge is 0.251 e. The summed E-state index contributed by atoms with van der Waals surface area (Å²) >= 11 is 0. The standard InChI is InChI=1S/C21H24N2O3.C3H8O2.2H2/c24-20(12-16-7-3-1-4-8-16)22-14-19-11-17(15-26-19)13-23-21(25)18-9-5-2-6-10-18;1-3(2,4)5;;/h1-10,17,19H,11-15H2,(H,22,24)(H,23,25);4-5H,1-2H3;2*1H/t17-,19+;;;/m1.../s1. The number of benzene rings is 2. The van der Waals surface area contributed by atoms with E-state index in [0.29, 0.717) is 31.7 Å².